The minimum absolute atomic E-state index is 0.0191. The van der Waals surface area contributed by atoms with Gasteiger partial charge in [0.15, 0.2) is 0 Å². The van der Waals surface area contributed by atoms with Crippen LogP contribution in [0.5, 0.6) is 0 Å². The lowest BCUT2D eigenvalue weighted by atomic mass is 9.81. The van der Waals surface area contributed by atoms with Gasteiger partial charge in [-0.05, 0) is 56.0 Å². The predicted octanol–water partition coefficient (Wildman–Crippen LogP) is 8.12. The van der Waals surface area contributed by atoms with Crippen molar-refractivity contribution in [2.24, 2.45) is 0 Å². The molecule has 0 saturated carbocycles. The largest absolute Gasteiger partial charge is 0.243 e. The van der Waals surface area contributed by atoms with Gasteiger partial charge in [-0.2, -0.15) is 0 Å². The van der Waals surface area contributed by atoms with E-state index in [0.29, 0.717) is 0 Å². The van der Waals surface area contributed by atoms with Crippen molar-refractivity contribution in [3.8, 4) is 43.7 Å². The average molecular weight is 483 g/mol. The fraction of sp³-hybridized carbons (Fsp3) is 0.286. The van der Waals surface area contributed by atoms with Gasteiger partial charge >= 0.3 is 0 Å². The maximum Gasteiger partial charge on any atom is 0.144 e. The summed E-state index contributed by atoms with van der Waals surface area (Å²) in [6, 6.07) is 9.46. The summed E-state index contributed by atoms with van der Waals surface area (Å²) in [4.78, 5) is 9.23. The number of aromatic nitrogens is 4. The fourth-order valence-corrected chi connectivity index (χ4v) is 5.97. The van der Waals surface area contributed by atoms with E-state index in [9.17, 15) is 0 Å². The Labute approximate surface area is 207 Å². The minimum Gasteiger partial charge on any atom is -0.243 e. The molecule has 6 rings (SSSR count). The molecule has 0 N–H and O–H groups in total. The highest BCUT2D eigenvalue weighted by molar-refractivity contribution is 7.13. The Morgan fingerprint density at radius 1 is 0.618 bits per heavy atom. The Morgan fingerprint density at radius 3 is 1.41 bits per heavy atom. The van der Waals surface area contributed by atoms with Gasteiger partial charge in [0.2, 0.25) is 0 Å². The van der Waals surface area contributed by atoms with Crippen LogP contribution in [0.15, 0.2) is 47.4 Å². The summed E-state index contributed by atoms with van der Waals surface area (Å²) >= 11 is 3.21. The second-order valence-electron chi connectivity index (χ2n) is 11.0. The van der Waals surface area contributed by atoms with Crippen LogP contribution >= 0.6 is 22.7 Å². The van der Waals surface area contributed by atoms with Gasteiger partial charge in [0.25, 0.3) is 0 Å². The van der Waals surface area contributed by atoms with E-state index in [1.165, 1.54) is 33.0 Å². The average Bonchev–Trinajstić information content (AvgIpc) is 3.54. The van der Waals surface area contributed by atoms with Crippen LogP contribution in [0.2, 0.25) is 0 Å². The number of rotatable bonds is 2. The maximum absolute atomic E-state index is 4.75. The molecule has 0 atom stereocenters. The van der Waals surface area contributed by atoms with Crippen molar-refractivity contribution in [1.29, 1.82) is 0 Å². The van der Waals surface area contributed by atoms with Gasteiger partial charge in [0.05, 0.1) is 0 Å². The normalized spacial score (nSPS) is 13.0. The van der Waals surface area contributed by atoms with E-state index >= 15 is 0 Å². The molecule has 1 aliphatic rings. The summed E-state index contributed by atoms with van der Waals surface area (Å²) in [6.45, 7) is 13.7. The van der Waals surface area contributed by atoms with E-state index in [2.05, 4.69) is 75.8 Å². The number of fused-ring (bicyclic) bond motifs is 3. The molecule has 0 saturated heterocycles. The third-order valence-electron chi connectivity index (χ3n) is 6.56. The number of thiazole rings is 2. The van der Waals surface area contributed by atoms with E-state index < -0.39 is 0 Å². The summed E-state index contributed by atoms with van der Waals surface area (Å²) in [6.07, 6.45) is 3.67. The Balaban J connectivity index is 1.81. The zero-order valence-corrected chi connectivity index (χ0v) is 21.9. The van der Waals surface area contributed by atoms with Gasteiger partial charge in [-0.15, -0.1) is 32.9 Å². The SMILES string of the molecule is CC(C)(C)c1cc2c3c(cc(C(C)(C)C)cc3c1)-c1c(-c3nccs3)nnc(-c3nccs3)c1-2. The summed E-state index contributed by atoms with van der Waals surface area (Å²) in [5.74, 6) is 0. The second-order valence-corrected chi connectivity index (χ2v) is 12.8. The molecule has 0 aliphatic heterocycles. The van der Waals surface area contributed by atoms with Crippen molar-refractivity contribution >= 4 is 33.4 Å². The highest BCUT2D eigenvalue weighted by Crippen LogP contribution is 2.55. The molecule has 0 radical (unpaired) electrons. The Hall–Kier alpha value is -2.96. The second kappa shape index (κ2) is 7.27. The molecule has 3 heterocycles. The maximum atomic E-state index is 4.75. The first-order valence-electron chi connectivity index (χ1n) is 11.5. The van der Waals surface area contributed by atoms with Crippen molar-refractivity contribution in [2.75, 3.05) is 0 Å². The molecule has 0 amide bonds. The molecular formula is C28H26N4S2. The quantitative estimate of drug-likeness (QED) is 0.250. The fourth-order valence-electron chi connectivity index (χ4n) is 4.72. The first-order valence-corrected chi connectivity index (χ1v) is 13.2. The van der Waals surface area contributed by atoms with Crippen molar-refractivity contribution in [2.45, 2.75) is 52.4 Å². The molecular weight excluding hydrogens is 456 g/mol. The van der Waals surface area contributed by atoms with Crippen molar-refractivity contribution in [1.82, 2.24) is 20.2 Å². The van der Waals surface area contributed by atoms with E-state index in [1.807, 2.05) is 23.2 Å². The summed E-state index contributed by atoms with van der Waals surface area (Å²) in [7, 11) is 0. The number of benzene rings is 2. The van der Waals surface area contributed by atoms with Gasteiger partial charge < -0.3 is 0 Å². The van der Waals surface area contributed by atoms with E-state index in [4.69, 9.17) is 10.2 Å². The number of hydrogen-bond donors (Lipinski definition) is 0. The zero-order chi connectivity index (χ0) is 23.8. The topological polar surface area (TPSA) is 51.6 Å². The molecule has 0 unspecified atom stereocenters. The lowest BCUT2D eigenvalue weighted by Crippen LogP contribution is -2.12. The lowest BCUT2D eigenvalue weighted by molar-refractivity contribution is 0.589. The number of hydrogen-bond acceptors (Lipinski definition) is 6. The van der Waals surface area contributed by atoms with E-state index in [-0.39, 0.29) is 10.8 Å². The summed E-state index contributed by atoms with van der Waals surface area (Å²) < 4.78 is 0. The lowest BCUT2D eigenvalue weighted by Gasteiger charge is -2.23. The zero-order valence-electron chi connectivity index (χ0n) is 20.2. The smallest absolute Gasteiger partial charge is 0.144 e. The van der Waals surface area contributed by atoms with E-state index in [0.717, 1.165) is 32.5 Å². The molecule has 0 spiro atoms. The third kappa shape index (κ3) is 3.23. The molecule has 3 aromatic heterocycles. The van der Waals surface area contributed by atoms with Gasteiger partial charge in [-0.3, -0.25) is 0 Å². The van der Waals surface area contributed by atoms with Gasteiger partial charge in [0.1, 0.15) is 21.4 Å². The van der Waals surface area contributed by atoms with Gasteiger partial charge in [-0.25, -0.2) is 9.97 Å². The molecule has 2 aromatic carbocycles. The summed E-state index contributed by atoms with van der Waals surface area (Å²) in [5.41, 5.74) is 9.10. The Kier molecular flexibility index (Phi) is 4.61. The van der Waals surface area contributed by atoms with Crippen LogP contribution in [0.25, 0.3) is 54.4 Å². The Bertz CT molecular complexity index is 1440. The van der Waals surface area contributed by atoms with Crippen molar-refractivity contribution in [3.63, 3.8) is 0 Å². The molecule has 0 fully saturated rings. The minimum atomic E-state index is 0.0191. The molecule has 6 heteroatoms. The van der Waals surface area contributed by atoms with Crippen molar-refractivity contribution < 1.29 is 0 Å². The molecule has 1 aliphatic carbocycles. The third-order valence-corrected chi connectivity index (χ3v) is 8.12. The van der Waals surface area contributed by atoms with Crippen LogP contribution in [0.4, 0.5) is 0 Å². The monoisotopic (exact) mass is 482 g/mol. The van der Waals surface area contributed by atoms with Crippen LogP contribution in [-0.4, -0.2) is 20.2 Å². The van der Waals surface area contributed by atoms with Crippen LogP contribution in [0, 0.1) is 0 Å². The molecule has 34 heavy (non-hydrogen) atoms. The molecule has 5 aromatic rings. The first kappa shape index (κ1) is 21.6. The highest BCUT2D eigenvalue weighted by Gasteiger charge is 2.33. The van der Waals surface area contributed by atoms with Crippen LogP contribution < -0.4 is 0 Å². The van der Waals surface area contributed by atoms with E-state index in [1.54, 1.807) is 22.7 Å². The standard InChI is InChI=1S/C28H26N4S2/c1-27(2,3)16-11-15-12-17(28(4,5)6)14-19-20(15)18(13-16)21-22(19)24(26-30-8-10-34-26)32-31-23(21)25-29-7-9-33-25/h7-14H,1-6H3. The van der Waals surface area contributed by atoms with Crippen LogP contribution in [0.1, 0.15) is 52.7 Å². The molecule has 4 nitrogen and oxygen atoms in total. The first-order chi connectivity index (χ1) is 16.1. The Morgan fingerprint density at radius 2 is 1.06 bits per heavy atom. The van der Waals surface area contributed by atoms with Crippen LogP contribution in [0.3, 0.4) is 0 Å². The molecule has 0 bridgehead atoms. The summed E-state index contributed by atoms with van der Waals surface area (Å²) in [5, 5.41) is 17.8. The van der Waals surface area contributed by atoms with Gasteiger partial charge in [-0.1, -0.05) is 53.7 Å². The van der Waals surface area contributed by atoms with Crippen molar-refractivity contribution in [3.05, 3.63) is 58.5 Å². The predicted molar refractivity (Wildman–Crippen MR) is 144 cm³/mol. The molecule has 170 valence electrons. The highest BCUT2D eigenvalue weighted by atomic mass is 32.1. The number of nitrogens with zero attached hydrogens (tertiary/aromatic N) is 4. The van der Waals surface area contributed by atoms with Gasteiger partial charge in [0, 0.05) is 34.3 Å². The van der Waals surface area contributed by atoms with Crippen LogP contribution in [-0.2, 0) is 10.8 Å².